The van der Waals surface area contributed by atoms with Gasteiger partial charge in [-0.1, -0.05) is 69.5 Å². The highest BCUT2D eigenvalue weighted by atomic mass is 79.9. The van der Waals surface area contributed by atoms with Gasteiger partial charge in [-0.3, -0.25) is 0 Å². The predicted octanol–water partition coefficient (Wildman–Crippen LogP) is 6.55. The van der Waals surface area contributed by atoms with Crippen LogP contribution in [0, 0.1) is 0 Å². The first kappa shape index (κ1) is 14.4. The summed E-state index contributed by atoms with van der Waals surface area (Å²) in [5, 5.41) is 1.23. The summed E-state index contributed by atoms with van der Waals surface area (Å²) in [7, 11) is 0. The maximum absolute atomic E-state index is 6.14. The zero-order valence-corrected chi connectivity index (χ0v) is 14.0. The summed E-state index contributed by atoms with van der Waals surface area (Å²) >= 11 is 16.0. The van der Waals surface area contributed by atoms with E-state index >= 15 is 0 Å². The van der Waals surface area contributed by atoms with Crippen molar-refractivity contribution in [3.8, 4) is 0 Å². The molecule has 2 unspecified atom stereocenters. The minimum Gasteiger partial charge on any atom is -0.0832 e. The van der Waals surface area contributed by atoms with Gasteiger partial charge in [0.1, 0.15) is 0 Å². The Balaban J connectivity index is 1.95. The van der Waals surface area contributed by atoms with Crippen molar-refractivity contribution in [2.75, 3.05) is 0 Å². The van der Waals surface area contributed by atoms with Crippen LogP contribution in [0.4, 0.5) is 0 Å². The smallest absolute Gasteiger partial charge is 0.0595 e. The molecular formula is C17H15BrCl2. The van der Waals surface area contributed by atoms with Gasteiger partial charge >= 0.3 is 0 Å². The standard InChI is InChI=1S/C17H15BrCl2/c18-17(12-8-9-15(19)16(20)10-12)14-7-3-5-11-4-1-2-6-13(11)14/h1-2,4,6,8-10,14,17H,3,5,7H2. The molecule has 2 aromatic rings. The molecule has 0 bridgehead atoms. The molecule has 3 rings (SSSR count). The molecule has 2 atom stereocenters. The van der Waals surface area contributed by atoms with Gasteiger partial charge in [0, 0.05) is 10.7 Å². The van der Waals surface area contributed by atoms with Crippen molar-refractivity contribution in [1.29, 1.82) is 0 Å². The third-order valence-corrected chi connectivity index (χ3v) is 5.94. The van der Waals surface area contributed by atoms with E-state index < -0.39 is 0 Å². The lowest BCUT2D eigenvalue weighted by atomic mass is 9.79. The normalized spacial score (nSPS) is 19.4. The summed E-state index contributed by atoms with van der Waals surface area (Å²) in [6.45, 7) is 0. The average Bonchev–Trinajstić information content (AvgIpc) is 2.49. The van der Waals surface area contributed by atoms with Gasteiger partial charge in [0.25, 0.3) is 0 Å². The van der Waals surface area contributed by atoms with E-state index in [0.29, 0.717) is 16.0 Å². The van der Waals surface area contributed by atoms with Crippen LogP contribution in [0.1, 0.15) is 40.3 Å². The molecule has 1 aliphatic carbocycles. The van der Waals surface area contributed by atoms with Gasteiger partial charge in [-0.2, -0.15) is 0 Å². The number of benzene rings is 2. The third-order valence-electron chi connectivity index (χ3n) is 4.03. The van der Waals surface area contributed by atoms with Crippen LogP contribution in [-0.4, -0.2) is 0 Å². The van der Waals surface area contributed by atoms with Gasteiger partial charge in [-0.25, -0.2) is 0 Å². The van der Waals surface area contributed by atoms with E-state index in [0.717, 1.165) is 0 Å². The maximum Gasteiger partial charge on any atom is 0.0595 e. The molecule has 3 heteroatoms. The molecule has 1 aliphatic rings. The molecule has 0 saturated carbocycles. The zero-order valence-electron chi connectivity index (χ0n) is 11.0. The minimum atomic E-state index is 0.277. The van der Waals surface area contributed by atoms with Crippen LogP contribution in [0.3, 0.4) is 0 Å². The van der Waals surface area contributed by atoms with Crippen LogP contribution in [0.2, 0.25) is 10.0 Å². The van der Waals surface area contributed by atoms with E-state index in [1.807, 2.05) is 12.1 Å². The van der Waals surface area contributed by atoms with Gasteiger partial charge < -0.3 is 0 Å². The van der Waals surface area contributed by atoms with Gasteiger partial charge in [0.2, 0.25) is 0 Å². The third kappa shape index (κ3) is 2.77. The van der Waals surface area contributed by atoms with E-state index in [2.05, 4.69) is 46.3 Å². The van der Waals surface area contributed by atoms with Gasteiger partial charge in [-0.15, -0.1) is 0 Å². The van der Waals surface area contributed by atoms with Crippen molar-refractivity contribution in [3.63, 3.8) is 0 Å². The number of fused-ring (bicyclic) bond motifs is 1. The summed E-state index contributed by atoms with van der Waals surface area (Å²) in [5.41, 5.74) is 4.14. The lowest BCUT2D eigenvalue weighted by Crippen LogP contribution is -2.14. The van der Waals surface area contributed by atoms with Gasteiger partial charge in [0.15, 0.2) is 0 Å². The molecule has 0 saturated heterocycles. The van der Waals surface area contributed by atoms with Crippen molar-refractivity contribution in [1.82, 2.24) is 0 Å². The largest absolute Gasteiger partial charge is 0.0832 e. The highest BCUT2D eigenvalue weighted by Crippen LogP contribution is 2.45. The second kappa shape index (κ2) is 6.09. The number of halogens is 3. The Labute approximate surface area is 138 Å². The fourth-order valence-corrected chi connectivity index (χ4v) is 4.15. The molecule has 0 heterocycles. The number of rotatable bonds is 2. The topological polar surface area (TPSA) is 0 Å². The fourth-order valence-electron chi connectivity index (χ4n) is 3.01. The average molecular weight is 370 g/mol. The lowest BCUT2D eigenvalue weighted by molar-refractivity contribution is 0.547. The van der Waals surface area contributed by atoms with E-state index in [1.54, 1.807) is 0 Å². The fraction of sp³-hybridized carbons (Fsp3) is 0.294. The molecule has 104 valence electrons. The van der Waals surface area contributed by atoms with Crippen LogP contribution in [-0.2, 0) is 6.42 Å². The van der Waals surface area contributed by atoms with Crippen molar-refractivity contribution in [2.24, 2.45) is 0 Å². The number of hydrogen-bond acceptors (Lipinski definition) is 0. The van der Waals surface area contributed by atoms with E-state index in [-0.39, 0.29) is 4.83 Å². The molecule has 0 radical (unpaired) electrons. The molecule has 20 heavy (non-hydrogen) atoms. The molecule has 2 aromatic carbocycles. The molecule has 0 fully saturated rings. The lowest BCUT2D eigenvalue weighted by Gasteiger charge is -2.29. The maximum atomic E-state index is 6.14. The van der Waals surface area contributed by atoms with Crippen LogP contribution in [0.5, 0.6) is 0 Å². The first-order valence-corrected chi connectivity index (χ1v) is 8.51. The summed E-state index contributed by atoms with van der Waals surface area (Å²) in [6.07, 6.45) is 3.63. The van der Waals surface area contributed by atoms with E-state index in [4.69, 9.17) is 23.2 Å². The molecule has 0 amide bonds. The van der Waals surface area contributed by atoms with Crippen molar-refractivity contribution in [2.45, 2.75) is 30.0 Å². The zero-order chi connectivity index (χ0) is 14.1. The van der Waals surface area contributed by atoms with Gasteiger partial charge in [-0.05, 0) is 48.1 Å². The first-order valence-electron chi connectivity index (χ1n) is 6.83. The molecule has 0 nitrogen and oxygen atoms in total. The molecular weight excluding hydrogens is 355 g/mol. The van der Waals surface area contributed by atoms with E-state index in [9.17, 15) is 0 Å². The number of alkyl halides is 1. The minimum absolute atomic E-state index is 0.277. The number of hydrogen-bond donors (Lipinski definition) is 0. The Morgan fingerprint density at radius 3 is 2.65 bits per heavy atom. The Morgan fingerprint density at radius 1 is 1.05 bits per heavy atom. The molecule has 0 aliphatic heterocycles. The summed E-state index contributed by atoms with van der Waals surface area (Å²) in [5.74, 6) is 0.497. The summed E-state index contributed by atoms with van der Waals surface area (Å²) in [6, 6.07) is 14.7. The van der Waals surface area contributed by atoms with E-state index in [1.165, 1.54) is 36.0 Å². The summed E-state index contributed by atoms with van der Waals surface area (Å²) < 4.78 is 0. The van der Waals surface area contributed by atoms with Crippen molar-refractivity contribution >= 4 is 39.1 Å². The first-order chi connectivity index (χ1) is 9.66. The number of aryl methyl sites for hydroxylation is 1. The highest BCUT2D eigenvalue weighted by Gasteiger charge is 2.27. The Hall–Kier alpha value is -0.500. The highest BCUT2D eigenvalue weighted by molar-refractivity contribution is 9.09. The Bertz CT molecular complexity index is 624. The van der Waals surface area contributed by atoms with Crippen molar-refractivity contribution < 1.29 is 0 Å². The van der Waals surface area contributed by atoms with Crippen molar-refractivity contribution in [3.05, 3.63) is 69.2 Å². The monoisotopic (exact) mass is 368 g/mol. The molecule has 0 spiro atoms. The summed E-state index contributed by atoms with van der Waals surface area (Å²) in [4.78, 5) is 0.277. The Morgan fingerprint density at radius 2 is 1.85 bits per heavy atom. The van der Waals surface area contributed by atoms with Crippen LogP contribution in [0.15, 0.2) is 42.5 Å². The quantitative estimate of drug-likeness (QED) is 0.526. The van der Waals surface area contributed by atoms with Gasteiger partial charge in [0.05, 0.1) is 10.0 Å². The predicted molar refractivity (Wildman–Crippen MR) is 90.3 cm³/mol. The second-order valence-electron chi connectivity index (χ2n) is 5.27. The van der Waals surface area contributed by atoms with Crippen LogP contribution >= 0.6 is 39.1 Å². The Kier molecular flexibility index (Phi) is 4.40. The SMILES string of the molecule is Clc1ccc(C(Br)C2CCCc3ccccc32)cc1Cl. The second-order valence-corrected chi connectivity index (χ2v) is 7.07. The van der Waals surface area contributed by atoms with Crippen LogP contribution in [0.25, 0.3) is 0 Å². The molecule has 0 N–H and O–H groups in total. The molecule has 0 aromatic heterocycles. The van der Waals surface area contributed by atoms with Crippen LogP contribution < -0.4 is 0 Å².